The van der Waals surface area contributed by atoms with Gasteiger partial charge in [0.1, 0.15) is 11.9 Å². The number of aryl methyl sites for hydroxylation is 1. The number of aromatic nitrogens is 2. The molecule has 1 aliphatic rings. The van der Waals surface area contributed by atoms with Crippen LogP contribution in [0.4, 0.5) is 0 Å². The number of aliphatic hydroxyl groups is 3. The number of ketones is 1. The van der Waals surface area contributed by atoms with Crippen molar-refractivity contribution >= 4 is 16.7 Å². The molecule has 2 bridgehead atoms. The van der Waals surface area contributed by atoms with Gasteiger partial charge in [-0.05, 0) is 71.2 Å². The number of ether oxygens (including phenoxy) is 1. The fourth-order valence-corrected chi connectivity index (χ4v) is 6.96. The van der Waals surface area contributed by atoms with Crippen molar-refractivity contribution < 1.29 is 30.0 Å². The van der Waals surface area contributed by atoms with E-state index < -0.39 is 24.5 Å². The van der Waals surface area contributed by atoms with Crippen LogP contribution in [0.15, 0.2) is 85.3 Å². The summed E-state index contributed by atoms with van der Waals surface area (Å²) in [6, 6.07) is 21.2. The number of carbonyl (C=O) groups excluding carboxylic acids is 1. The second-order valence-corrected chi connectivity index (χ2v) is 14.0. The van der Waals surface area contributed by atoms with E-state index in [1.54, 1.807) is 18.2 Å². The first kappa shape index (κ1) is 37.9. The maximum absolute atomic E-state index is 12.6. The number of phenols is 1. The smallest absolute Gasteiger partial charge is 0.186 e. The summed E-state index contributed by atoms with van der Waals surface area (Å²) in [7, 11) is 0. The minimum Gasteiger partial charge on any atom is -0.504 e. The highest BCUT2D eigenvalue weighted by Gasteiger charge is 2.21. The van der Waals surface area contributed by atoms with Gasteiger partial charge in [-0.25, -0.2) is 0 Å². The lowest BCUT2D eigenvalue weighted by Crippen LogP contribution is -2.30. The monoisotopic (exact) mass is 718 g/mol. The van der Waals surface area contributed by atoms with E-state index in [1.165, 1.54) is 5.56 Å². The Labute approximate surface area is 310 Å². The van der Waals surface area contributed by atoms with Crippen molar-refractivity contribution in [1.29, 1.82) is 0 Å². The third kappa shape index (κ3) is 9.96. The van der Waals surface area contributed by atoms with Crippen molar-refractivity contribution in [3.8, 4) is 23.3 Å². The Morgan fingerprint density at radius 3 is 2.68 bits per heavy atom. The molecule has 0 fully saturated rings. The summed E-state index contributed by atoms with van der Waals surface area (Å²) in [4.78, 5) is 16.0. The van der Waals surface area contributed by atoms with E-state index in [9.17, 15) is 25.2 Å². The third-order valence-electron chi connectivity index (χ3n) is 9.87. The van der Waals surface area contributed by atoms with Crippen LogP contribution in [0.2, 0.25) is 0 Å². The van der Waals surface area contributed by atoms with Crippen molar-refractivity contribution in [2.75, 3.05) is 6.54 Å². The zero-order chi connectivity index (χ0) is 37.3. The van der Waals surface area contributed by atoms with Gasteiger partial charge in [-0.2, -0.15) is 0 Å². The quantitative estimate of drug-likeness (QED) is 0.0491. The predicted molar refractivity (Wildman–Crippen MR) is 205 cm³/mol. The van der Waals surface area contributed by atoms with E-state index in [0.717, 1.165) is 52.5 Å². The number of aromatic amines is 1. The average molecular weight is 719 g/mol. The van der Waals surface area contributed by atoms with Crippen molar-refractivity contribution in [2.24, 2.45) is 5.73 Å². The number of nitrogens with one attached hydrogen (secondary N) is 2. The highest BCUT2D eigenvalue weighted by atomic mass is 16.5. The molecule has 3 heterocycles. The summed E-state index contributed by atoms with van der Waals surface area (Å²) in [6.07, 6.45) is 6.22. The minimum absolute atomic E-state index is 0.0108. The molecular weight excluding hydrogens is 668 g/mol. The van der Waals surface area contributed by atoms with Crippen LogP contribution < -0.4 is 15.8 Å². The number of hydrogen-bond acceptors (Lipinski definition) is 8. The molecule has 0 spiro atoms. The second kappa shape index (κ2) is 17.8. The van der Waals surface area contributed by atoms with E-state index in [2.05, 4.69) is 40.3 Å². The standard InChI is InChI=1S/C43H50N4O6/c1-2-7-33(48)23-35(50)24-34(49)15-12-29-13-17-40(52)41(20-29)53-42-11-6-10-39(51)36-16-14-30(43(44)45-19-18-28-8-4-3-5-9-28)21-31(36)22-32-25-46-38-27-47(42)26-37(32)38/h3-5,8-9,13-14,16-17,20-21,25-27,33,35,39,42-43,45-46,48,50-52H,2,7,11-12,15,18-19,22-24,44H2,1H3/t33-,35+,39-,42-,43+/m0/s1. The number of carbonyl (C=O) groups is 1. The van der Waals surface area contributed by atoms with Gasteiger partial charge in [0.15, 0.2) is 17.7 Å². The normalized spacial score (nSPS) is 17.2. The topological polar surface area (TPSA) is 166 Å². The van der Waals surface area contributed by atoms with Gasteiger partial charge in [0.25, 0.3) is 0 Å². The summed E-state index contributed by atoms with van der Waals surface area (Å²) < 4.78 is 8.31. The SMILES string of the molecule is CCC[C@H](O)C[C@@H](O)CC(=O)CCc1ccc(O)c(O[C@H]2CC#C[C@H](O)c3ccc([C@H](N)NCCc4ccccc4)cc3Cc3c[nH]c4cn2cc34)c1. The number of benzene rings is 3. The lowest BCUT2D eigenvalue weighted by atomic mass is 9.94. The first-order valence-corrected chi connectivity index (χ1v) is 18.5. The third-order valence-corrected chi connectivity index (χ3v) is 9.87. The number of aromatic hydroxyl groups is 1. The molecule has 0 radical (unpaired) electrons. The molecule has 8 N–H and O–H groups in total. The Morgan fingerprint density at radius 1 is 1.04 bits per heavy atom. The lowest BCUT2D eigenvalue weighted by molar-refractivity contribution is -0.121. The number of fused-ring (bicyclic) bond motifs is 2. The summed E-state index contributed by atoms with van der Waals surface area (Å²) in [5, 5.41) is 46.7. The summed E-state index contributed by atoms with van der Waals surface area (Å²) in [6.45, 7) is 2.69. The van der Waals surface area contributed by atoms with Gasteiger partial charge in [-0.3, -0.25) is 10.1 Å². The number of H-pyrrole nitrogens is 1. The van der Waals surface area contributed by atoms with Gasteiger partial charge in [0.2, 0.25) is 0 Å². The Morgan fingerprint density at radius 2 is 1.87 bits per heavy atom. The van der Waals surface area contributed by atoms with Gasteiger partial charge >= 0.3 is 0 Å². The number of Topliss-reactive ketones (excluding diaryl/α,β-unsaturated/α-hetero) is 1. The van der Waals surface area contributed by atoms with Crippen LogP contribution in [-0.2, 0) is 24.1 Å². The van der Waals surface area contributed by atoms with Crippen molar-refractivity contribution in [2.45, 2.75) is 95.4 Å². The highest BCUT2D eigenvalue weighted by Crippen LogP contribution is 2.34. The Balaban J connectivity index is 1.16. The molecule has 0 saturated heterocycles. The van der Waals surface area contributed by atoms with E-state index in [-0.39, 0.29) is 49.1 Å². The van der Waals surface area contributed by atoms with E-state index >= 15 is 0 Å². The molecule has 5 atom stereocenters. The van der Waals surface area contributed by atoms with Crippen LogP contribution in [0.1, 0.15) is 97.3 Å². The number of phenolic OH excluding ortho intramolecular Hbond substituents is 1. The number of nitrogens with zero attached hydrogens (tertiary/aromatic N) is 1. The van der Waals surface area contributed by atoms with Crippen LogP contribution in [0.5, 0.6) is 11.5 Å². The molecule has 10 nitrogen and oxygen atoms in total. The molecule has 0 saturated carbocycles. The van der Waals surface area contributed by atoms with Crippen molar-refractivity contribution in [3.63, 3.8) is 0 Å². The van der Waals surface area contributed by atoms with E-state index in [1.807, 2.05) is 60.4 Å². The van der Waals surface area contributed by atoms with Crippen molar-refractivity contribution in [3.05, 3.63) is 119 Å². The predicted octanol–water partition coefficient (Wildman–Crippen LogP) is 5.88. The fraction of sp³-hybridized carbons (Fsp3) is 0.372. The molecule has 0 aliphatic carbocycles. The minimum atomic E-state index is -1.03. The van der Waals surface area contributed by atoms with Crippen LogP contribution in [-0.4, -0.2) is 54.5 Å². The first-order chi connectivity index (χ1) is 25.7. The van der Waals surface area contributed by atoms with Crippen LogP contribution in [0, 0.1) is 11.8 Å². The highest BCUT2D eigenvalue weighted by molar-refractivity contribution is 5.83. The molecule has 5 aromatic rings. The molecule has 2 aromatic heterocycles. The molecule has 10 heteroatoms. The maximum atomic E-state index is 12.6. The Bertz CT molecular complexity index is 2040. The van der Waals surface area contributed by atoms with Gasteiger partial charge in [0.05, 0.1) is 30.3 Å². The fourth-order valence-electron chi connectivity index (χ4n) is 6.96. The number of hydrogen-bond donors (Lipinski definition) is 7. The largest absolute Gasteiger partial charge is 0.504 e. The van der Waals surface area contributed by atoms with Gasteiger partial charge in [0, 0.05) is 49.8 Å². The Hall–Kier alpha value is -4.89. The summed E-state index contributed by atoms with van der Waals surface area (Å²) in [5.74, 6) is 6.24. The lowest BCUT2D eigenvalue weighted by Gasteiger charge is -2.21. The van der Waals surface area contributed by atoms with E-state index in [0.29, 0.717) is 24.8 Å². The number of nitrogens with two attached hydrogens (primary N) is 1. The molecule has 0 unspecified atom stereocenters. The molecule has 3 aromatic carbocycles. The van der Waals surface area contributed by atoms with Crippen molar-refractivity contribution in [1.82, 2.24) is 14.9 Å². The zero-order valence-electron chi connectivity index (χ0n) is 30.2. The van der Waals surface area contributed by atoms with Crippen LogP contribution in [0.3, 0.4) is 0 Å². The molecule has 6 rings (SSSR count). The number of rotatable bonds is 16. The molecule has 1 aliphatic heterocycles. The van der Waals surface area contributed by atoms with Gasteiger partial charge in [-0.15, -0.1) is 0 Å². The van der Waals surface area contributed by atoms with Gasteiger partial charge < -0.3 is 40.4 Å². The maximum Gasteiger partial charge on any atom is 0.186 e. The van der Waals surface area contributed by atoms with Gasteiger partial charge in [-0.1, -0.05) is 79.8 Å². The van der Waals surface area contributed by atoms with Crippen LogP contribution in [0.25, 0.3) is 10.9 Å². The molecule has 278 valence electrons. The summed E-state index contributed by atoms with van der Waals surface area (Å²) in [5.41, 5.74) is 13.2. The molecule has 0 amide bonds. The number of aliphatic hydroxyl groups excluding tert-OH is 3. The van der Waals surface area contributed by atoms with Crippen LogP contribution >= 0.6 is 0 Å². The van der Waals surface area contributed by atoms with E-state index in [4.69, 9.17) is 10.5 Å². The zero-order valence-corrected chi connectivity index (χ0v) is 30.2. The summed E-state index contributed by atoms with van der Waals surface area (Å²) >= 11 is 0. The average Bonchev–Trinajstić information content (AvgIpc) is 3.73. The molecular formula is C43H50N4O6. The first-order valence-electron chi connectivity index (χ1n) is 18.5. The second-order valence-electron chi connectivity index (χ2n) is 14.0. The Kier molecular flexibility index (Phi) is 12.7. The molecule has 53 heavy (non-hydrogen) atoms.